The summed E-state index contributed by atoms with van der Waals surface area (Å²) in [4.78, 5) is 13.1. The molecule has 1 heterocycles. The van der Waals surface area contributed by atoms with E-state index in [4.69, 9.17) is 0 Å². The predicted octanol–water partition coefficient (Wildman–Crippen LogP) is 1.82. The Morgan fingerprint density at radius 1 is 1.33 bits per heavy atom. The van der Waals surface area contributed by atoms with Crippen molar-refractivity contribution < 1.29 is 4.79 Å². The molecule has 0 aromatic rings. The highest BCUT2D eigenvalue weighted by molar-refractivity contribution is 5.89. The van der Waals surface area contributed by atoms with Gasteiger partial charge >= 0.3 is 0 Å². The van der Waals surface area contributed by atoms with Gasteiger partial charge in [0, 0.05) is 19.2 Å². The van der Waals surface area contributed by atoms with Gasteiger partial charge in [0.2, 0.25) is 5.91 Å². The van der Waals surface area contributed by atoms with Crippen molar-refractivity contribution in [1.82, 2.24) is 4.90 Å². The summed E-state index contributed by atoms with van der Waals surface area (Å²) in [5, 5.41) is 0. The third-order valence-electron chi connectivity index (χ3n) is 2.28. The first-order valence-electron chi connectivity index (χ1n) is 4.39. The van der Waals surface area contributed by atoms with E-state index in [0.29, 0.717) is 0 Å². The first kappa shape index (κ1) is 9.30. The number of carbonyl (C=O) groups excluding carboxylic acids is 1. The normalized spacial score (nSPS) is 18.0. The second-order valence-electron chi connectivity index (χ2n) is 4.40. The van der Waals surface area contributed by atoms with Crippen LogP contribution in [0.4, 0.5) is 0 Å². The minimum Gasteiger partial charge on any atom is -0.336 e. The second-order valence-corrected chi connectivity index (χ2v) is 4.40. The van der Waals surface area contributed by atoms with Crippen LogP contribution in [0.15, 0.2) is 11.6 Å². The Balaban J connectivity index is 2.60. The van der Waals surface area contributed by atoms with E-state index in [2.05, 4.69) is 20.8 Å². The largest absolute Gasteiger partial charge is 0.336 e. The van der Waals surface area contributed by atoms with Crippen molar-refractivity contribution in [2.75, 3.05) is 13.1 Å². The number of hydrogen-bond acceptors (Lipinski definition) is 1. The molecule has 1 rings (SSSR count). The molecular weight excluding hydrogens is 150 g/mol. The van der Waals surface area contributed by atoms with Gasteiger partial charge in [0.25, 0.3) is 0 Å². The van der Waals surface area contributed by atoms with E-state index in [1.54, 1.807) is 6.08 Å². The molecule has 0 atom stereocenters. The fourth-order valence-corrected chi connectivity index (χ4v) is 0.763. The maximum Gasteiger partial charge on any atom is 0.246 e. The molecule has 0 aliphatic carbocycles. The molecule has 2 heteroatoms. The van der Waals surface area contributed by atoms with Crippen molar-refractivity contribution in [3.63, 3.8) is 0 Å². The van der Waals surface area contributed by atoms with Gasteiger partial charge in [-0.15, -0.1) is 0 Å². The van der Waals surface area contributed by atoms with Crippen LogP contribution < -0.4 is 0 Å². The molecular formula is C10H17NO. The average molecular weight is 167 g/mol. The molecule has 1 saturated heterocycles. The Labute approximate surface area is 74.2 Å². The highest BCUT2D eigenvalue weighted by Gasteiger charge is 2.23. The van der Waals surface area contributed by atoms with Crippen LogP contribution in [0.3, 0.4) is 0 Å². The number of carbonyl (C=O) groups is 1. The molecule has 1 amide bonds. The van der Waals surface area contributed by atoms with Crippen LogP contribution in [0.2, 0.25) is 0 Å². The molecule has 0 radical (unpaired) electrons. The summed E-state index contributed by atoms with van der Waals surface area (Å²) >= 11 is 0. The van der Waals surface area contributed by atoms with E-state index in [9.17, 15) is 4.79 Å². The van der Waals surface area contributed by atoms with Crippen molar-refractivity contribution in [3.05, 3.63) is 11.6 Å². The Bertz CT molecular complexity index is 218. The topological polar surface area (TPSA) is 20.1 Å². The summed E-state index contributed by atoms with van der Waals surface area (Å²) in [7, 11) is 0. The summed E-state index contributed by atoms with van der Waals surface area (Å²) in [5.41, 5.74) is 1.27. The summed E-state index contributed by atoms with van der Waals surface area (Å²) < 4.78 is 0. The van der Waals surface area contributed by atoms with E-state index in [0.717, 1.165) is 18.7 Å². The third-order valence-corrected chi connectivity index (χ3v) is 2.28. The van der Waals surface area contributed by atoms with Gasteiger partial charge in [-0.3, -0.25) is 4.79 Å². The molecule has 1 fully saturated rings. The van der Waals surface area contributed by atoms with Crippen molar-refractivity contribution in [2.45, 2.75) is 27.7 Å². The van der Waals surface area contributed by atoms with Crippen LogP contribution >= 0.6 is 0 Å². The molecule has 68 valence electrons. The fourth-order valence-electron chi connectivity index (χ4n) is 0.763. The van der Waals surface area contributed by atoms with Crippen LogP contribution in [-0.2, 0) is 4.79 Å². The first-order chi connectivity index (χ1) is 5.41. The predicted molar refractivity (Wildman–Crippen MR) is 49.8 cm³/mol. The monoisotopic (exact) mass is 167 g/mol. The fraction of sp³-hybridized carbons (Fsp3) is 0.700. The summed E-state index contributed by atoms with van der Waals surface area (Å²) in [5.74, 6) is 0.169. The smallest absolute Gasteiger partial charge is 0.246 e. The zero-order chi connectivity index (χ0) is 9.35. The summed E-state index contributed by atoms with van der Waals surface area (Å²) in [6, 6.07) is 0. The summed E-state index contributed by atoms with van der Waals surface area (Å²) in [6.45, 7) is 10.2. The van der Waals surface area contributed by atoms with E-state index in [-0.39, 0.29) is 11.3 Å². The van der Waals surface area contributed by atoms with E-state index in [1.807, 2.05) is 11.8 Å². The zero-order valence-corrected chi connectivity index (χ0v) is 8.35. The van der Waals surface area contributed by atoms with Crippen LogP contribution in [0, 0.1) is 5.41 Å². The Morgan fingerprint density at radius 3 is 2.17 bits per heavy atom. The summed E-state index contributed by atoms with van der Waals surface area (Å²) in [6.07, 6.45) is 1.76. The molecule has 1 aliphatic heterocycles. The van der Waals surface area contributed by atoms with Crippen molar-refractivity contribution in [2.24, 2.45) is 5.41 Å². The van der Waals surface area contributed by atoms with Crippen LogP contribution in [0.1, 0.15) is 27.7 Å². The molecule has 0 bridgehead atoms. The van der Waals surface area contributed by atoms with Crippen LogP contribution in [-0.4, -0.2) is 23.9 Å². The lowest BCUT2D eigenvalue weighted by molar-refractivity contribution is -0.120. The Hall–Kier alpha value is -0.790. The van der Waals surface area contributed by atoms with E-state index < -0.39 is 0 Å². The van der Waals surface area contributed by atoms with E-state index in [1.165, 1.54) is 0 Å². The molecule has 0 spiro atoms. The zero-order valence-electron chi connectivity index (χ0n) is 8.35. The van der Waals surface area contributed by atoms with Crippen molar-refractivity contribution >= 4 is 5.91 Å². The van der Waals surface area contributed by atoms with Gasteiger partial charge in [-0.25, -0.2) is 0 Å². The quantitative estimate of drug-likeness (QED) is 0.431. The highest BCUT2D eigenvalue weighted by atomic mass is 16.2. The highest BCUT2D eigenvalue weighted by Crippen LogP contribution is 2.24. The standard InChI is InChI=1S/C10H17NO/c1-8(10(2,3)4)7-9(12)11-5-6-11/h7H,5-6H2,1-4H3/b8-7+. The number of nitrogens with zero attached hydrogens (tertiary/aromatic N) is 1. The number of allylic oxidation sites excluding steroid dienone is 1. The number of hydrogen-bond donors (Lipinski definition) is 0. The van der Waals surface area contributed by atoms with E-state index >= 15 is 0 Å². The van der Waals surface area contributed by atoms with Crippen LogP contribution in [0.25, 0.3) is 0 Å². The Kier molecular flexibility index (Phi) is 2.27. The van der Waals surface area contributed by atoms with Crippen molar-refractivity contribution in [1.29, 1.82) is 0 Å². The molecule has 0 saturated carbocycles. The van der Waals surface area contributed by atoms with Gasteiger partial charge in [0.05, 0.1) is 0 Å². The average Bonchev–Trinajstić information content (AvgIpc) is 2.65. The molecule has 2 nitrogen and oxygen atoms in total. The lowest BCUT2D eigenvalue weighted by Crippen LogP contribution is -2.12. The minimum atomic E-state index is 0.117. The molecule has 1 aliphatic rings. The maximum absolute atomic E-state index is 11.3. The SMILES string of the molecule is C/C(=C\C(=O)N1CC1)C(C)(C)C. The minimum absolute atomic E-state index is 0.117. The van der Waals surface area contributed by atoms with Gasteiger partial charge in [-0.1, -0.05) is 26.3 Å². The lowest BCUT2D eigenvalue weighted by Gasteiger charge is -2.19. The van der Waals surface area contributed by atoms with Gasteiger partial charge in [-0.2, -0.15) is 0 Å². The third kappa shape index (κ3) is 2.36. The van der Waals surface area contributed by atoms with Crippen molar-refractivity contribution in [3.8, 4) is 0 Å². The Morgan fingerprint density at radius 2 is 1.83 bits per heavy atom. The second kappa shape index (κ2) is 2.92. The molecule has 0 unspecified atom stereocenters. The number of rotatable bonds is 1. The maximum atomic E-state index is 11.3. The van der Waals surface area contributed by atoms with Crippen LogP contribution in [0.5, 0.6) is 0 Å². The van der Waals surface area contributed by atoms with Gasteiger partial charge in [0.1, 0.15) is 0 Å². The van der Waals surface area contributed by atoms with Gasteiger partial charge in [-0.05, 0) is 12.3 Å². The first-order valence-corrected chi connectivity index (χ1v) is 4.39. The molecule has 0 aromatic heterocycles. The molecule has 12 heavy (non-hydrogen) atoms. The number of amides is 1. The molecule has 0 N–H and O–H groups in total. The van der Waals surface area contributed by atoms with Gasteiger partial charge in [0.15, 0.2) is 0 Å². The van der Waals surface area contributed by atoms with Gasteiger partial charge < -0.3 is 4.90 Å². The lowest BCUT2D eigenvalue weighted by atomic mass is 9.87. The molecule has 0 aromatic carbocycles.